The summed E-state index contributed by atoms with van der Waals surface area (Å²) in [7, 11) is 0. The van der Waals surface area contributed by atoms with Gasteiger partial charge in [-0.3, -0.25) is 9.59 Å². The first-order chi connectivity index (χ1) is 10.9. The molecule has 2 rings (SSSR count). The number of carbonyl (C=O) groups excluding carboxylic acids is 2. The van der Waals surface area contributed by atoms with Gasteiger partial charge in [-0.15, -0.1) is 0 Å². The maximum Gasteiger partial charge on any atom is 0.253 e. The highest BCUT2D eigenvalue weighted by Crippen LogP contribution is 2.13. The van der Waals surface area contributed by atoms with Crippen molar-refractivity contribution in [3.05, 3.63) is 35.6 Å². The molecule has 1 aromatic carbocycles. The summed E-state index contributed by atoms with van der Waals surface area (Å²) in [5.74, 6) is -0.408. The number of amides is 2. The summed E-state index contributed by atoms with van der Waals surface area (Å²) in [5, 5.41) is 0. The van der Waals surface area contributed by atoms with Gasteiger partial charge in [0.05, 0.1) is 6.04 Å². The van der Waals surface area contributed by atoms with Gasteiger partial charge in [-0.25, -0.2) is 4.39 Å². The van der Waals surface area contributed by atoms with Crippen LogP contribution in [0.4, 0.5) is 4.39 Å². The van der Waals surface area contributed by atoms with Crippen molar-refractivity contribution in [2.75, 3.05) is 26.2 Å². The van der Waals surface area contributed by atoms with E-state index in [0.717, 1.165) is 6.42 Å². The average Bonchev–Trinajstić information content (AvgIpc) is 2.60. The Morgan fingerprint density at radius 1 is 1.13 bits per heavy atom. The van der Waals surface area contributed by atoms with E-state index in [9.17, 15) is 14.0 Å². The minimum absolute atomic E-state index is 0.0479. The number of carbonyl (C=O) groups is 2. The third-order valence-electron chi connectivity index (χ3n) is 4.51. The summed E-state index contributed by atoms with van der Waals surface area (Å²) in [6, 6.07) is 5.03. The van der Waals surface area contributed by atoms with Crippen molar-refractivity contribution >= 4 is 11.8 Å². The quantitative estimate of drug-likeness (QED) is 0.913. The highest BCUT2D eigenvalue weighted by Gasteiger charge is 2.29. The Bertz CT molecular complexity index is 553. The first kappa shape index (κ1) is 17.4. The number of rotatable bonds is 4. The molecule has 0 radical (unpaired) electrons. The molecular formula is C17H24FN3O2. The molecule has 126 valence electrons. The Labute approximate surface area is 136 Å². The molecule has 0 spiro atoms. The molecule has 2 atom stereocenters. The molecule has 0 saturated carbocycles. The number of halogens is 1. The topological polar surface area (TPSA) is 66.6 Å². The lowest BCUT2D eigenvalue weighted by molar-refractivity contribution is -0.135. The number of piperazine rings is 1. The van der Waals surface area contributed by atoms with Crippen LogP contribution in [0.5, 0.6) is 0 Å². The zero-order chi connectivity index (χ0) is 17.0. The van der Waals surface area contributed by atoms with Crippen LogP contribution in [0.25, 0.3) is 0 Å². The Morgan fingerprint density at radius 2 is 1.65 bits per heavy atom. The summed E-state index contributed by atoms with van der Waals surface area (Å²) in [6.45, 7) is 5.88. The minimum atomic E-state index is -0.487. The largest absolute Gasteiger partial charge is 0.338 e. The fraction of sp³-hybridized carbons (Fsp3) is 0.529. The maximum absolute atomic E-state index is 12.9. The van der Waals surface area contributed by atoms with Crippen molar-refractivity contribution < 1.29 is 14.0 Å². The van der Waals surface area contributed by atoms with E-state index in [1.807, 2.05) is 13.8 Å². The molecule has 0 aliphatic carbocycles. The van der Waals surface area contributed by atoms with Crippen LogP contribution in [-0.4, -0.2) is 53.8 Å². The van der Waals surface area contributed by atoms with Gasteiger partial charge >= 0.3 is 0 Å². The van der Waals surface area contributed by atoms with E-state index < -0.39 is 6.04 Å². The monoisotopic (exact) mass is 321 g/mol. The van der Waals surface area contributed by atoms with E-state index in [2.05, 4.69) is 0 Å². The van der Waals surface area contributed by atoms with Crippen molar-refractivity contribution in [2.24, 2.45) is 11.7 Å². The van der Waals surface area contributed by atoms with Crippen LogP contribution in [-0.2, 0) is 4.79 Å². The molecule has 23 heavy (non-hydrogen) atoms. The predicted octanol–water partition coefficient (Wildman–Crippen LogP) is 1.48. The molecule has 2 unspecified atom stereocenters. The fourth-order valence-corrected chi connectivity index (χ4v) is 2.61. The Balaban J connectivity index is 1.92. The molecule has 0 aromatic heterocycles. The number of nitrogens with zero attached hydrogens (tertiary/aromatic N) is 2. The van der Waals surface area contributed by atoms with Crippen molar-refractivity contribution in [2.45, 2.75) is 26.3 Å². The summed E-state index contributed by atoms with van der Waals surface area (Å²) < 4.78 is 12.9. The molecule has 6 heteroatoms. The molecule has 1 aliphatic rings. The number of benzene rings is 1. The number of hydrogen-bond donors (Lipinski definition) is 1. The lowest BCUT2D eigenvalue weighted by atomic mass is 9.98. The second kappa shape index (κ2) is 7.55. The Hall–Kier alpha value is -1.95. The normalized spacial score (nSPS) is 17.7. The third-order valence-corrected chi connectivity index (χ3v) is 4.51. The minimum Gasteiger partial charge on any atom is -0.338 e. The highest BCUT2D eigenvalue weighted by molar-refractivity contribution is 5.94. The molecular weight excluding hydrogens is 297 g/mol. The van der Waals surface area contributed by atoms with Gasteiger partial charge in [-0.05, 0) is 30.2 Å². The van der Waals surface area contributed by atoms with E-state index in [4.69, 9.17) is 5.73 Å². The maximum atomic E-state index is 12.9. The summed E-state index contributed by atoms with van der Waals surface area (Å²) in [5.41, 5.74) is 6.46. The zero-order valence-corrected chi connectivity index (χ0v) is 13.7. The van der Waals surface area contributed by atoms with Crippen molar-refractivity contribution in [1.29, 1.82) is 0 Å². The Morgan fingerprint density at radius 3 is 2.17 bits per heavy atom. The van der Waals surface area contributed by atoms with Gasteiger partial charge in [0.1, 0.15) is 5.82 Å². The van der Waals surface area contributed by atoms with Gasteiger partial charge in [-0.1, -0.05) is 20.3 Å². The molecule has 5 nitrogen and oxygen atoms in total. The molecule has 2 amide bonds. The summed E-state index contributed by atoms with van der Waals surface area (Å²) in [6.07, 6.45) is 0.857. The highest BCUT2D eigenvalue weighted by atomic mass is 19.1. The molecule has 2 N–H and O–H groups in total. The van der Waals surface area contributed by atoms with Crippen LogP contribution in [0.3, 0.4) is 0 Å². The van der Waals surface area contributed by atoms with E-state index >= 15 is 0 Å². The van der Waals surface area contributed by atoms with Crippen molar-refractivity contribution in [3.8, 4) is 0 Å². The summed E-state index contributed by atoms with van der Waals surface area (Å²) >= 11 is 0. The SMILES string of the molecule is CCC(C)C(N)C(=O)N1CCN(C(=O)c2ccc(F)cc2)CC1. The van der Waals surface area contributed by atoms with Crippen LogP contribution >= 0.6 is 0 Å². The number of nitrogens with two attached hydrogens (primary N) is 1. The average molecular weight is 321 g/mol. The molecule has 1 aliphatic heterocycles. The Kier molecular flexibility index (Phi) is 5.71. The first-order valence-electron chi connectivity index (χ1n) is 8.03. The van der Waals surface area contributed by atoms with Gasteiger partial charge < -0.3 is 15.5 Å². The number of hydrogen-bond acceptors (Lipinski definition) is 3. The second-order valence-corrected chi connectivity index (χ2v) is 6.04. The van der Waals surface area contributed by atoms with Gasteiger partial charge in [-0.2, -0.15) is 0 Å². The van der Waals surface area contributed by atoms with Crippen molar-refractivity contribution in [1.82, 2.24) is 9.80 Å². The van der Waals surface area contributed by atoms with Crippen LogP contribution < -0.4 is 5.73 Å². The lowest BCUT2D eigenvalue weighted by Gasteiger charge is -2.36. The predicted molar refractivity (Wildman–Crippen MR) is 86.3 cm³/mol. The lowest BCUT2D eigenvalue weighted by Crippen LogP contribution is -2.55. The standard InChI is InChI=1S/C17H24FN3O2/c1-3-12(2)15(19)17(23)21-10-8-20(9-11-21)16(22)13-4-6-14(18)7-5-13/h4-7,12,15H,3,8-11,19H2,1-2H3. The van der Waals surface area contributed by atoms with E-state index in [0.29, 0.717) is 31.7 Å². The first-order valence-corrected chi connectivity index (χ1v) is 8.03. The van der Waals surface area contributed by atoms with Gasteiger partial charge in [0.2, 0.25) is 5.91 Å². The molecule has 1 fully saturated rings. The molecule has 0 bridgehead atoms. The van der Waals surface area contributed by atoms with E-state index in [-0.39, 0.29) is 23.5 Å². The second-order valence-electron chi connectivity index (χ2n) is 6.04. The van der Waals surface area contributed by atoms with Gasteiger partial charge in [0, 0.05) is 31.7 Å². The molecule has 1 heterocycles. The molecule has 1 aromatic rings. The van der Waals surface area contributed by atoms with Gasteiger partial charge in [0.15, 0.2) is 0 Å². The smallest absolute Gasteiger partial charge is 0.253 e. The van der Waals surface area contributed by atoms with Crippen molar-refractivity contribution in [3.63, 3.8) is 0 Å². The van der Waals surface area contributed by atoms with E-state index in [1.54, 1.807) is 9.80 Å². The fourth-order valence-electron chi connectivity index (χ4n) is 2.61. The van der Waals surface area contributed by atoms with Gasteiger partial charge in [0.25, 0.3) is 5.91 Å². The van der Waals surface area contributed by atoms with Crippen LogP contribution in [0.1, 0.15) is 30.6 Å². The van der Waals surface area contributed by atoms with Crippen LogP contribution in [0.15, 0.2) is 24.3 Å². The third kappa shape index (κ3) is 4.07. The van der Waals surface area contributed by atoms with E-state index in [1.165, 1.54) is 24.3 Å². The zero-order valence-electron chi connectivity index (χ0n) is 13.7. The van der Waals surface area contributed by atoms with Crippen LogP contribution in [0, 0.1) is 11.7 Å². The summed E-state index contributed by atoms with van der Waals surface area (Å²) in [4.78, 5) is 28.1. The van der Waals surface area contributed by atoms with Crippen LogP contribution in [0.2, 0.25) is 0 Å². The molecule has 1 saturated heterocycles.